The second kappa shape index (κ2) is 2.84. The van der Waals surface area contributed by atoms with Crippen LogP contribution in [0.5, 0.6) is 0 Å². The molecule has 0 aliphatic carbocycles. The van der Waals surface area contributed by atoms with Crippen LogP contribution in [0.15, 0.2) is 35.3 Å². The number of nitrogens with one attached hydrogen (secondary N) is 1. The molecular weight excluding hydrogens is 192 g/mol. The van der Waals surface area contributed by atoms with Gasteiger partial charge in [0.15, 0.2) is 11.2 Å². The van der Waals surface area contributed by atoms with Crippen LogP contribution in [-0.4, -0.2) is 20.2 Å². The molecule has 0 bridgehead atoms. The summed E-state index contributed by atoms with van der Waals surface area (Å²) in [6, 6.07) is 7.39. The standard InChI is InChI=1S/C10H6N4O/c15-8-5-11-14-10-9(8)12-6-3-1-2-4-7(6)13-10/h1-5H,(H,13,14,15). The maximum absolute atomic E-state index is 11.4. The van der Waals surface area contributed by atoms with Gasteiger partial charge in [0.05, 0.1) is 17.2 Å². The minimum absolute atomic E-state index is 0.220. The molecule has 0 amide bonds. The van der Waals surface area contributed by atoms with Crippen molar-refractivity contribution < 1.29 is 0 Å². The van der Waals surface area contributed by atoms with Gasteiger partial charge in [-0.1, -0.05) is 12.1 Å². The number of benzene rings is 1. The highest BCUT2D eigenvalue weighted by molar-refractivity contribution is 5.83. The molecule has 5 heteroatoms. The summed E-state index contributed by atoms with van der Waals surface area (Å²) in [5.74, 6) is 0. The summed E-state index contributed by atoms with van der Waals surface area (Å²) in [4.78, 5) is 19.9. The Morgan fingerprint density at radius 3 is 2.60 bits per heavy atom. The molecule has 2 heterocycles. The van der Waals surface area contributed by atoms with E-state index in [1.165, 1.54) is 6.20 Å². The van der Waals surface area contributed by atoms with Gasteiger partial charge >= 0.3 is 0 Å². The number of fused-ring (bicyclic) bond motifs is 2. The zero-order valence-corrected chi connectivity index (χ0v) is 7.64. The molecule has 1 aromatic carbocycles. The number of aromatic amines is 1. The van der Waals surface area contributed by atoms with Gasteiger partial charge in [-0.15, -0.1) is 0 Å². The van der Waals surface area contributed by atoms with Gasteiger partial charge in [-0.05, 0) is 12.1 Å². The van der Waals surface area contributed by atoms with Gasteiger partial charge in [0, 0.05) is 0 Å². The first-order valence-electron chi connectivity index (χ1n) is 4.45. The summed E-state index contributed by atoms with van der Waals surface area (Å²) < 4.78 is 0. The molecule has 0 atom stereocenters. The third-order valence-electron chi connectivity index (χ3n) is 2.16. The van der Waals surface area contributed by atoms with Crippen LogP contribution in [0.1, 0.15) is 0 Å². The van der Waals surface area contributed by atoms with E-state index in [0.29, 0.717) is 16.7 Å². The van der Waals surface area contributed by atoms with Gasteiger partial charge < -0.3 is 0 Å². The fraction of sp³-hybridized carbons (Fsp3) is 0. The lowest BCUT2D eigenvalue weighted by Gasteiger charge is -1.98. The van der Waals surface area contributed by atoms with E-state index in [-0.39, 0.29) is 5.43 Å². The van der Waals surface area contributed by atoms with Gasteiger partial charge in [0.2, 0.25) is 5.43 Å². The third-order valence-corrected chi connectivity index (χ3v) is 2.16. The van der Waals surface area contributed by atoms with Gasteiger partial charge in [0.25, 0.3) is 0 Å². The van der Waals surface area contributed by atoms with E-state index in [4.69, 9.17) is 0 Å². The minimum atomic E-state index is -0.220. The summed E-state index contributed by atoms with van der Waals surface area (Å²) in [6.45, 7) is 0. The molecule has 0 aliphatic heterocycles. The van der Waals surface area contributed by atoms with Crippen molar-refractivity contribution in [3.63, 3.8) is 0 Å². The molecule has 0 spiro atoms. The van der Waals surface area contributed by atoms with Crippen molar-refractivity contribution in [2.45, 2.75) is 0 Å². The Labute approximate surface area is 83.8 Å². The molecule has 0 saturated carbocycles. The monoisotopic (exact) mass is 198 g/mol. The Hall–Kier alpha value is -2.30. The van der Waals surface area contributed by atoms with Crippen molar-refractivity contribution in [2.75, 3.05) is 0 Å². The van der Waals surface area contributed by atoms with Crippen molar-refractivity contribution >= 4 is 22.2 Å². The number of rotatable bonds is 0. The molecule has 15 heavy (non-hydrogen) atoms. The molecule has 3 rings (SSSR count). The predicted octanol–water partition coefficient (Wildman–Crippen LogP) is 0.866. The SMILES string of the molecule is O=c1cn[nH]c2nc3ccccc3nc12. The number of hydrogen-bond donors (Lipinski definition) is 1. The van der Waals surface area contributed by atoms with Crippen molar-refractivity contribution in [3.8, 4) is 0 Å². The van der Waals surface area contributed by atoms with Crippen LogP contribution in [0.4, 0.5) is 0 Å². The summed E-state index contributed by atoms with van der Waals surface area (Å²) in [6.07, 6.45) is 1.20. The molecule has 1 N–H and O–H groups in total. The van der Waals surface area contributed by atoms with Crippen LogP contribution in [0, 0.1) is 0 Å². The lowest BCUT2D eigenvalue weighted by atomic mass is 10.3. The fourth-order valence-electron chi connectivity index (χ4n) is 1.46. The second-order valence-electron chi connectivity index (χ2n) is 3.14. The Morgan fingerprint density at radius 2 is 1.80 bits per heavy atom. The molecule has 72 valence electrons. The van der Waals surface area contributed by atoms with Crippen molar-refractivity contribution in [1.29, 1.82) is 0 Å². The first-order chi connectivity index (χ1) is 7.34. The van der Waals surface area contributed by atoms with Crippen LogP contribution >= 0.6 is 0 Å². The molecule has 0 aliphatic rings. The van der Waals surface area contributed by atoms with E-state index in [9.17, 15) is 4.79 Å². The van der Waals surface area contributed by atoms with Crippen LogP contribution in [0.2, 0.25) is 0 Å². The normalized spacial score (nSPS) is 10.9. The lowest BCUT2D eigenvalue weighted by Crippen LogP contribution is -2.06. The van der Waals surface area contributed by atoms with Crippen molar-refractivity contribution in [3.05, 3.63) is 40.7 Å². The van der Waals surface area contributed by atoms with Crippen LogP contribution < -0.4 is 5.43 Å². The number of aromatic nitrogens is 4. The zero-order chi connectivity index (χ0) is 10.3. The minimum Gasteiger partial charge on any atom is -0.286 e. The average Bonchev–Trinajstić information content (AvgIpc) is 2.27. The summed E-state index contributed by atoms with van der Waals surface area (Å²) >= 11 is 0. The zero-order valence-electron chi connectivity index (χ0n) is 7.64. The molecule has 0 saturated heterocycles. The molecule has 0 unspecified atom stereocenters. The number of para-hydroxylation sites is 2. The first-order valence-corrected chi connectivity index (χ1v) is 4.45. The summed E-state index contributed by atoms with van der Waals surface area (Å²) in [5.41, 5.74) is 1.97. The average molecular weight is 198 g/mol. The van der Waals surface area contributed by atoms with E-state index in [2.05, 4.69) is 20.2 Å². The smallest absolute Gasteiger partial charge is 0.227 e. The number of nitrogens with zero attached hydrogens (tertiary/aromatic N) is 3. The van der Waals surface area contributed by atoms with Crippen LogP contribution in [0.25, 0.3) is 22.2 Å². The molecule has 2 aromatic heterocycles. The highest BCUT2D eigenvalue weighted by Gasteiger charge is 2.03. The highest BCUT2D eigenvalue weighted by atomic mass is 16.1. The Morgan fingerprint density at radius 1 is 1.07 bits per heavy atom. The quantitative estimate of drug-likeness (QED) is 0.544. The highest BCUT2D eigenvalue weighted by Crippen LogP contribution is 2.10. The Kier molecular flexibility index (Phi) is 1.53. The maximum Gasteiger partial charge on any atom is 0.227 e. The van der Waals surface area contributed by atoms with Gasteiger partial charge in [-0.2, -0.15) is 5.10 Å². The molecule has 0 fully saturated rings. The van der Waals surface area contributed by atoms with Gasteiger partial charge in [-0.3, -0.25) is 9.89 Å². The topological polar surface area (TPSA) is 71.5 Å². The van der Waals surface area contributed by atoms with E-state index >= 15 is 0 Å². The van der Waals surface area contributed by atoms with Crippen molar-refractivity contribution in [1.82, 2.24) is 20.2 Å². The third kappa shape index (κ3) is 1.17. The predicted molar refractivity (Wildman–Crippen MR) is 55.5 cm³/mol. The lowest BCUT2D eigenvalue weighted by molar-refractivity contribution is 1.04. The van der Waals surface area contributed by atoms with Crippen LogP contribution in [0.3, 0.4) is 0 Å². The fourth-order valence-corrected chi connectivity index (χ4v) is 1.46. The molecule has 3 aromatic rings. The summed E-state index contributed by atoms with van der Waals surface area (Å²) in [7, 11) is 0. The van der Waals surface area contributed by atoms with E-state index in [1.54, 1.807) is 0 Å². The van der Waals surface area contributed by atoms with E-state index in [1.807, 2.05) is 24.3 Å². The number of H-pyrrole nitrogens is 1. The molecule has 5 nitrogen and oxygen atoms in total. The first kappa shape index (κ1) is 8.05. The Balaban J connectivity index is 2.59. The number of hydrogen-bond acceptors (Lipinski definition) is 4. The second-order valence-corrected chi connectivity index (χ2v) is 3.14. The van der Waals surface area contributed by atoms with Gasteiger partial charge in [-0.25, -0.2) is 9.97 Å². The van der Waals surface area contributed by atoms with Crippen LogP contribution in [-0.2, 0) is 0 Å². The molecular formula is C10H6N4O. The largest absolute Gasteiger partial charge is 0.286 e. The summed E-state index contributed by atoms with van der Waals surface area (Å²) in [5, 5.41) is 6.34. The maximum atomic E-state index is 11.4. The van der Waals surface area contributed by atoms with Crippen molar-refractivity contribution in [2.24, 2.45) is 0 Å². The van der Waals surface area contributed by atoms with E-state index in [0.717, 1.165) is 5.52 Å². The van der Waals surface area contributed by atoms with E-state index < -0.39 is 0 Å². The molecule has 0 radical (unpaired) electrons. The van der Waals surface area contributed by atoms with Gasteiger partial charge in [0.1, 0.15) is 0 Å². The Bertz CT molecular complexity index is 704.